The van der Waals surface area contributed by atoms with Crippen molar-refractivity contribution in [3.8, 4) is 0 Å². The summed E-state index contributed by atoms with van der Waals surface area (Å²) in [6.07, 6.45) is 8.70. The summed E-state index contributed by atoms with van der Waals surface area (Å²) < 4.78 is 8.09. The molecular weight excluding hydrogens is 286 g/mol. The minimum atomic E-state index is -0.163. The van der Waals surface area contributed by atoms with E-state index in [0.29, 0.717) is 0 Å². The van der Waals surface area contributed by atoms with Gasteiger partial charge in [-0.2, -0.15) is 5.10 Å². The molecule has 0 aliphatic heterocycles. The van der Waals surface area contributed by atoms with E-state index >= 15 is 0 Å². The van der Waals surface area contributed by atoms with Crippen molar-refractivity contribution in [2.45, 2.75) is 70.6 Å². The molecule has 1 aromatic heterocycles. The standard InChI is InChI=1S/C16H28ClN3O/c1-4-11-20-14(13(17)12-19-20)15(18-5-2)16(21-3)9-7-6-8-10-16/h12,15,18H,4-11H2,1-3H3. The Hall–Kier alpha value is -0.580. The summed E-state index contributed by atoms with van der Waals surface area (Å²) in [4.78, 5) is 0. The molecule has 1 aliphatic rings. The van der Waals surface area contributed by atoms with Crippen molar-refractivity contribution in [3.63, 3.8) is 0 Å². The Morgan fingerprint density at radius 3 is 2.67 bits per heavy atom. The topological polar surface area (TPSA) is 39.1 Å². The maximum atomic E-state index is 6.47. The predicted molar refractivity (Wildman–Crippen MR) is 86.8 cm³/mol. The number of hydrogen-bond donors (Lipinski definition) is 1. The van der Waals surface area contributed by atoms with Gasteiger partial charge in [0.05, 0.1) is 28.6 Å². The molecule has 1 heterocycles. The lowest BCUT2D eigenvalue weighted by molar-refractivity contribution is -0.0703. The monoisotopic (exact) mass is 313 g/mol. The quantitative estimate of drug-likeness (QED) is 0.828. The molecule has 0 aromatic carbocycles. The van der Waals surface area contributed by atoms with Gasteiger partial charge in [0.15, 0.2) is 0 Å². The van der Waals surface area contributed by atoms with Crippen LogP contribution in [-0.4, -0.2) is 29.0 Å². The molecule has 0 radical (unpaired) electrons. The van der Waals surface area contributed by atoms with Gasteiger partial charge in [-0.15, -0.1) is 0 Å². The average Bonchev–Trinajstić information content (AvgIpc) is 2.87. The van der Waals surface area contributed by atoms with Gasteiger partial charge in [0.25, 0.3) is 0 Å². The SMILES string of the molecule is CCCn1ncc(Cl)c1C(NCC)C1(OC)CCCCC1. The van der Waals surface area contributed by atoms with E-state index in [0.717, 1.165) is 43.1 Å². The molecule has 1 aliphatic carbocycles. The number of methoxy groups -OCH3 is 1. The second-order valence-electron chi connectivity index (χ2n) is 5.92. The second-order valence-corrected chi connectivity index (χ2v) is 6.33. The van der Waals surface area contributed by atoms with E-state index in [2.05, 4.69) is 24.3 Å². The molecule has 0 bridgehead atoms. The van der Waals surface area contributed by atoms with Crippen molar-refractivity contribution < 1.29 is 4.74 Å². The Kier molecular flexibility index (Phi) is 6.08. The first-order valence-corrected chi connectivity index (χ1v) is 8.56. The summed E-state index contributed by atoms with van der Waals surface area (Å²) >= 11 is 6.47. The molecule has 2 rings (SSSR count). The number of ether oxygens (including phenoxy) is 1. The molecule has 1 fully saturated rings. The second kappa shape index (κ2) is 7.61. The van der Waals surface area contributed by atoms with Crippen LogP contribution in [0.3, 0.4) is 0 Å². The summed E-state index contributed by atoms with van der Waals surface area (Å²) in [5.74, 6) is 0. The zero-order valence-corrected chi connectivity index (χ0v) is 14.2. The van der Waals surface area contributed by atoms with E-state index < -0.39 is 0 Å². The summed E-state index contributed by atoms with van der Waals surface area (Å²) in [5.41, 5.74) is 0.924. The Labute approximate surface area is 133 Å². The molecule has 4 nitrogen and oxygen atoms in total. The predicted octanol–water partition coefficient (Wildman–Crippen LogP) is 3.95. The third kappa shape index (κ3) is 3.43. The lowest BCUT2D eigenvalue weighted by Crippen LogP contribution is -2.48. The van der Waals surface area contributed by atoms with Crippen molar-refractivity contribution in [2.75, 3.05) is 13.7 Å². The molecule has 0 spiro atoms. The maximum Gasteiger partial charge on any atom is 0.0888 e. The molecule has 120 valence electrons. The van der Waals surface area contributed by atoms with Gasteiger partial charge in [0.2, 0.25) is 0 Å². The Morgan fingerprint density at radius 2 is 2.10 bits per heavy atom. The minimum Gasteiger partial charge on any atom is -0.376 e. The van der Waals surface area contributed by atoms with E-state index in [1.54, 1.807) is 6.20 Å². The van der Waals surface area contributed by atoms with Crippen LogP contribution >= 0.6 is 11.6 Å². The fraction of sp³-hybridized carbons (Fsp3) is 0.812. The molecule has 0 amide bonds. The fourth-order valence-electron chi connectivity index (χ4n) is 3.55. The summed E-state index contributed by atoms with van der Waals surface area (Å²) in [5, 5.41) is 8.82. The van der Waals surface area contributed by atoms with Crippen molar-refractivity contribution in [3.05, 3.63) is 16.9 Å². The molecule has 1 atom stereocenters. The van der Waals surface area contributed by atoms with Crippen LogP contribution < -0.4 is 5.32 Å². The van der Waals surface area contributed by atoms with E-state index in [1.807, 2.05) is 11.8 Å². The first-order chi connectivity index (χ1) is 10.2. The number of rotatable bonds is 7. The van der Waals surface area contributed by atoms with Gasteiger partial charge in [-0.1, -0.05) is 44.7 Å². The first kappa shape index (κ1) is 16.8. The summed E-state index contributed by atoms with van der Waals surface area (Å²) in [6.45, 7) is 6.08. The Balaban J connectivity index is 2.39. The molecule has 1 unspecified atom stereocenters. The number of aromatic nitrogens is 2. The van der Waals surface area contributed by atoms with Crippen LogP contribution in [0, 0.1) is 0 Å². The summed E-state index contributed by atoms with van der Waals surface area (Å²) in [7, 11) is 1.84. The third-order valence-corrected chi connectivity index (χ3v) is 4.87. The Bertz CT molecular complexity index is 441. The molecule has 5 heteroatoms. The maximum absolute atomic E-state index is 6.47. The highest BCUT2D eigenvalue weighted by molar-refractivity contribution is 6.31. The number of likely N-dealkylation sites (N-methyl/N-ethyl adjacent to an activating group) is 1. The minimum absolute atomic E-state index is 0.106. The number of hydrogen-bond acceptors (Lipinski definition) is 3. The van der Waals surface area contributed by atoms with Crippen LogP contribution in [-0.2, 0) is 11.3 Å². The largest absolute Gasteiger partial charge is 0.376 e. The molecule has 1 saturated carbocycles. The average molecular weight is 314 g/mol. The number of nitrogens with one attached hydrogen (secondary N) is 1. The highest BCUT2D eigenvalue weighted by atomic mass is 35.5. The van der Waals surface area contributed by atoms with E-state index in [-0.39, 0.29) is 11.6 Å². The molecule has 21 heavy (non-hydrogen) atoms. The van der Waals surface area contributed by atoms with Crippen LogP contribution in [0.1, 0.15) is 64.1 Å². The van der Waals surface area contributed by atoms with Crippen molar-refractivity contribution >= 4 is 11.6 Å². The number of nitrogens with zero attached hydrogens (tertiary/aromatic N) is 2. The highest BCUT2D eigenvalue weighted by Gasteiger charge is 2.43. The molecule has 0 saturated heterocycles. The van der Waals surface area contributed by atoms with Gasteiger partial charge in [-0.3, -0.25) is 4.68 Å². The first-order valence-electron chi connectivity index (χ1n) is 8.18. The van der Waals surface area contributed by atoms with Crippen LogP contribution in [0.2, 0.25) is 5.02 Å². The zero-order chi connectivity index (χ0) is 15.3. The van der Waals surface area contributed by atoms with Crippen molar-refractivity contribution in [1.82, 2.24) is 15.1 Å². The Morgan fingerprint density at radius 1 is 1.38 bits per heavy atom. The van der Waals surface area contributed by atoms with Crippen LogP contribution in [0.15, 0.2) is 6.20 Å². The lowest BCUT2D eigenvalue weighted by Gasteiger charge is -2.43. The van der Waals surface area contributed by atoms with Gasteiger partial charge < -0.3 is 10.1 Å². The smallest absolute Gasteiger partial charge is 0.0888 e. The van der Waals surface area contributed by atoms with Gasteiger partial charge in [-0.25, -0.2) is 0 Å². The van der Waals surface area contributed by atoms with E-state index in [1.165, 1.54) is 19.3 Å². The fourth-order valence-corrected chi connectivity index (χ4v) is 3.80. The molecule has 1 N–H and O–H groups in total. The van der Waals surface area contributed by atoms with Gasteiger partial charge >= 0.3 is 0 Å². The van der Waals surface area contributed by atoms with Crippen molar-refractivity contribution in [1.29, 1.82) is 0 Å². The van der Waals surface area contributed by atoms with Crippen LogP contribution in [0.5, 0.6) is 0 Å². The third-order valence-electron chi connectivity index (χ3n) is 4.58. The van der Waals surface area contributed by atoms with Crippen LogP contribution in [0.4, 0.5) is 0 Å². The molecular formula is C16H28ClN3O. The lowest BCUT2D eigenvalue weighted by atomic mass is 9.77. The van der Waals surface area contributed by atoms with E-state index in [4.69, 9.17) is 16.3 Å². The molecule has 1 aromatic rings. The van der Waals surface area contributed by atoms with Crippen LogP contribution in [0.25, 0.3) is 0 Å². The normalized spacial score (nSPS) is 19.6. The summed E-state index contributed by atoms with van der Waals surface area (Å²) in [6, 6.07) is 0.106. The van der Waals surface area contributed by atoms with E-state index in [9.17, 15) is 0 Å². The highest BCUT2D eigenvalue weighted by Crippen LogP contribution is 2.42. The van der Waals surface area contributed by atoms with Gasteiger partial charge in [0, 0.05) is 13.7 Å². The zero-order valence-electron chi connectivity index (χ0n) is 13.5. The van der Waals surface area contributed by atoms with Crippen molar-refractivity contribution in [2.24, 2.45) is 0 Å². The number of halogens is 1. The van der Waals surface area contributed by atoms with Gasteiger partial charge in [-0.05, 0) is 25.8 Å². The number of aryl methyl sites for hydroxylation is 1. The van der Waals surface area contributed by atoms with Gasteiger partial charge in [0.1, 0.15) is 0 Å².